The van der Waals surface area contributed by atoms with Gasteiger partial charge in [-0.1, -0.05) is 48.5 Å². The van der Waals surface area contributed by atoms with Gasteiger partial charge in [0.15, 0.2) is 18.0 Å². The lowest BCUT2D eigenvalue weighted by Gasteiger charge is -2.20. The predicted octanol–water partition coefficient (Wildman–Crippen LogP) is 2.88. The number of likely N-dealkylation sites (N-methyl/N-ethyl adjacent to an activating group) is 1. The summed E-state index contributed by atoms with van der Waals surface area (Å²) in [6, 6.07) is 24.2. The quantitative estimate of drug-likeness (QED) is 0.613. The first kappa shape index (κ1) is 20.9. The zero-order valence-electron chi connectivity index (χ0n) is 18.1. The molecule has 3 aromatic carbocycles. The standard InChI is InChI=1S/C26H28N2O3/c1-27(18-26(29)28-15-14-22-10-6-7-11-23(22)28)17-21-12-13-24(25(16-21)30-2)31-19-20-8-4-3-5-9-20/h3-13,16H,14-15,17-19H2,1-2H3/p+1. The third-order valence-corrected chi connectivity index (χ3v) is 5.61. The summed E-state index contributed by atoms with van der Waals surface area (Å²) in [6.07, 6.45) is 0.933. The summed E-state index contributed by atoms with van der Waals surface area (Å²) in [5, 5.41) is 0. The number of rotatable bonds is 8. The Hall–Kier alpha value is -3.31. The molecule has 0 aliphatic carbocycles. The van der Waals surface area contributed by atoms with Gasteiger partial charge in [-0.15, -0.1) is 0 Å². The molecule has 0 fully saturated rings. The van der Waals surface area contributed by atoms with Crippen molar-refractivity contribution < 1.29 is 19.2 Å². The molecule has 1 atom stereocenters. The smallest absolute Gasteiger partial charge is 0.282 e. The van der Waals surface area contributed by atoms with Crippen molar-refractivity contribution in [2.75, 3.05) is 32.1 Å². The predicted molar refractivity (Wildman–Crippen MR) is 122 cm³/mol. The number of quaternary nitrogens is 1. The minimum atomic E-state index is 0.164. The monoisotopic (exact) mass is 417 g/mol. The number of hydrogen-bond acceptors (Lipinski definition) is 3. The Balaban J connectivity index is 1.36. The van der Waals surface area contributed by atoms with E-state index in [1.54, 1.807) is 7.11 Å². The zero-order chi connectivity index (χ0) is 21.6. The summed E-state index contributed by atoms with van der Waals surface area (Å²) in [5.41, 5.74) is 4.53. The number of methoxy groups -OCH3 is 1. The molecule has 1 unspecified atom stereocenters. The van der Waals surface area contributed by atoms with Crippen LogP contribution >= 0.6 is 0 Å². The Bertz CT molecular complexity index is 1040. The summed E-state index contributed by atoms with van der Waals surface area (Å²) in [6.45, 7) is 2.44. The highest BCUT2D eigenvalue weighted by molar-refractivity contribution is 5.96. The summed E-state index contributed by atoms with van der Waals surface area (Å²) in [7, 11) is 3.70. The van der Waals surface area contributed by atoms with Crippen molar-refractivity contribution in [2.45, 2.75) is 19.6 Å². The topological polar surface area (TPSA) is 43.2 Å². The van der Waals surface area contributed by atoms with E-state index in [9.17, 15) is 4.79 Å². The van der Waals surface area contributed by atoms with Crippen molar-refractivity contribution in [1.29, 1.82) is 0 Å². The van der Waals surface area contributed by atoms with E-state index >= 15 is 0 Å². The number of ether oxygens (including phenoxy) is 2. The second-order valence-electron chi connectivity index (χ2n) is 7.99. The van der Waals surface area contributed by atoms with Gasteiger partial charge in [0.05, 0.1) is 14.2 Å². The van der Waals surface area contributed by atoms with E-state index in [1.165, 1.54) is 5.56 Å². The van der Waals surface area contributed by atoms with Crippen molar-refractivity contribution in [3.8, 4) is 11.5 Å². The van der Waals surface area contributed by atoms with Crippen LogP contribution in [0.5, 0.6) is 11.5 Å². The van der Waals surface area contributed by atoms with E-state index in [-0.39, 0.29) is 5.91 Å². The van der Waals surface area contributed by atoms with E-state index in [0.717, 1.165) is 47.0 Å². The molecule has 3 aromatic rings. The molecule has 1 aliphatic rings. The van der Waals surface area contributed by atoms with Gasteiger partial charge in [0.1, 0.15) is 13.2 Å². The summed E-state index contributed by atoms with van der Waals surface area (Å²) >= 11 is 0. The van der Waals surface area contributed by atoms with Crippen LogP contribution in [0.4, 0.5) is 5.69 Å². The highest BCUT2D eigenvalue weighted by Crippen LogP contribution is 2.29. The first-order valence-electron chi connectivity index (χ1n) is 10.7. The van der Waals surface area contributed by atoms with E-state index in [1.807, 2.05) is 78.7 Å². The molecule has 0 saturated heterocycles. The van der Waals surface area contributed by atoms with Crippen LogP contribution in [0.3, 0.4) is 0 Å². The van der Waals surface area contributed by atoms with E-state index in [0.29, 0.717) is 18.9 Å². The Morgan fingerprint density at radius 2 is 1.74 bits per heavy atom. The zero-order valence-corrected chi connectivity index (χ0v) is 18.1. The molecule has 31 heavy (non-hydrogen) atoms. The minimum Gasteiger partial charge on any atom is -0.493 e. The number of nitrogens with one attached hydrogen (secondary N) is 1. The molecule has 0 spiro atoms. The number of carbonyl (C=O) groups excluding carboxylic acids is 1. The molecule has 4 rings (SSSR count). The van der Waals surface area contributed by atoms with Crippen molar-refractivity contribution in [3.63, 3.8) is 0 Å². The summed E-state index contributed by atoms with van der Waals surface area (Å²) < 4.78 is 11.5. The Labute approximate surface area is 183 Å². The second kappa shape index (κ2) is 9.67. The average molecular weight is 418 g/mol. The van der Waals surface area contributed by atoms with Gasteiger partial charge < -0.3 is 19.3 Å². The molecular formula is C26H29N2O3+. The fourth-order valence-electron chi connectivity index (χ4n) is 4.04. The van der Waals surface area contributed by atoms with E-state index in [4.69, 9.17) is 9.47 Å². The Morgan fingerprint density at radius 3 is 2.55 bits per heavy atom. The number of anilines is 1. The molecule has 160 valence electrons. The largest absolute Gasteiger partial charge is 0.493 e. The van der Waals surface area contributed by atoms with Crippen LogP contribution < -0.4 is 19.3 Å². The fourth-order valence-corrected chi connectivity index (χ4v) is 4.04. The Morgan fingerprint density at radius 1 is 0.968 bits per heavy atom. The van der Waals surface area contributed by atoms with Gasteiger partial charge in [-0.3, -0.25) is 4.79 Å². The highest BCUT2D eigenvalue weighted by atomic mass is 16.5. The van der Waals surface area contributed by atoms with Gasteiger partial charge in [-0.25, -0.2) is 0 Å². The van der Waals surface area contributed by atoms with Crippen LogP contribution in [0.25, 0.3) is 0 Å². The van der Waals surface area contributed by atoms with Gasteiger partial charge in [0.2, 0.25) is 0 Å². The molecule has 1 N–H and O–H groups in total. The van der Waals surface area contributed by atoms with Crippen LogP contribution in [0, 0.1) is 0 Å². The molecule has 0 aromatic heterocycles. The number of amides is 1. The minimum absolute atomic E-state index is 0.164. The summed E-state index contributed by atoms with van der Waals surface area (Å²) in [4.78, 5) is 15.9. The van der Waals surface area contributed by atoms with Gasteiger partial charge in [-0.05, 0) is 41.8 Å². The third kappa shape index (κ3) is 5.06. The molecule has 0 saturated carbocycles. The average Bonchev–Trinajstić information content (AvgIpc) is 3.23. The van der Waals surface area contributed by atoms with Crippen LogP contribution in [-0.4, -0.2) is 33.2 Å². The van der Waals surface area contributed by atoms with Crippen LogP contribution in [0.1, 0.15) is 16.7 Å². The Kier molecular flexibility index (Phi) is 6.53. The van der Waals surface area contributed by atoms with Crippen molar-refractivity contribution in [1.82, 2.24) is 0 Å². The first-order valence-corrected chi connectivity index (χ1v) is 10.7. The number of benzene rings is 3. The van der Waals surface area contributed by atoms with Gasteiger partial charge in [-0.2, -0.15) is 0 Å². The molecule has 0 radical (unpaired) electrons. The molecule has 5 heteroatoms. The third-order valence-electron chi connectivity index (χ3n) is 5.61. The van der Waals surface area contributed by atoms with E-state index in [2.05, 4.69) is 6.07 Å². The fraction of sp³-hybridized carbons (Fsp3) is 0.269. The van der Waals surface area contributed by atoms with Crippen LogP contribution in [0.2, 0.25) is 0 Å². The number of fused-ring (bicyclic) bond motifs is 1. The van der Waals surface area contributed by atoms with Gasteiger partial charge in [0, 0.05) is 17.8 Å². The number of nitrogens with zero attached hydrogens (tertiary/aromatic N) is 1. The normalized spacial score (nSPS) is 13.5. The maximum Gasteiger partial charge on any atom is 0.282 e. The van der Waals surface area contributed by atoms with Gasteiger partial charge >= 0.3 is 0 Å². The van der Waals surface area contributed by atoms with Crippen molar-refractivity contribution >= 4 is 11.6 Å². The maximum absolute atomic E-state index is 12.9. The van der Waals surface area contributed by atoms with E-state index < -0.39 is 0 Å². The molecule has 5 nitrogen and oxygen atoms in total. The van der Waals surface area contributed by atoms with Crippen LogP contribution in [0.15, 0.2) is 72.8 Å². The second-order valence-corrected chi connectivity index (χ2v) is 7.99. The molecule has 1 amide bonds. The highest BCUT2D eigenvalue weighted by Gasteiger charge is 2.26. The lowest BCUT2D eigenvalue weighted by atomic mass is 10.2. The number of carbonyl (C=O) groups is 1. The molecule has 1 heterocycles. The van der Waals surface area contributed by atoms with Crippen molar-refractivity contribution in [2.24, 2.45) is 0 Å². The first-order chi connectivity index (χ1) is 15.1. The molecule has 0 bridgehead atoms. The molecule has 1 aliphatic heterocycles. The lowest BCUT2D eigenvalue weighted by molar-refractivity contribution is -0.885. The number of hydrogen-bond donors (Lipinski definition) is 1. The SMILES string of the molecule is COc1cc(C[NH+](C)CC(=O)N2CCc3ccccc32)ccc1OCc1ccccc1. The number of para-hydroxylation sites is 1. The maximum atomic E-state index is 12.9. The molecular weight excluding hydrogens is 388 g/mol. The lowest BCUT2D eigenvalue weighted by Crippen LogP contribution is -3.08. The van der Waals surface area contributed by atoms with Crippen molar-refractivity contribution in [3.05, 3.63) is 89.5 Å². The summed E-state index contributed by atoms with van der Waals surface area (Å²) in [5.74, 6) is 1.59. The van der Waals surface area contributed by atoms with Crippen LogP contribution in [-0.2, 0) is 24.4 Å². The van der Waals surface area contributed by atoms with Gasteiger partial charge in [0.25, 0.3) is 5.91 Å².